The summed E-state index contributed by atoms with van der Waals surface area (Å²) >= 11 is 0. The van der Waals surface area contributed by atoms with E-state index in [1.165, 1.54) is 11.1 Å². The molecule has 0 spiro atoms. The Morgan fingerprint density at radius 2 is 1.93 bits per heavy atom. The van der Waals surface area contributed by atoms with E-state index in [0.29, 0.717) is 6.42 Å². The molecule has 0 saturated carbocycles. The van der Waals surface area contributed by atoms with Crippen LogP contribution in [0.15, 0.2) is 29.8 Å². The van der Waals surface area contributed by atoms with Crippen LogP contribution in [-0.2, 0) is 11.2 Å². The van der Waals surface area contributed by atoms with Crippen LogP contribution in [0.4, 0.5) is 0 Å². The van der Waals surface area contributed by atoms with Gasteiger partial charge in [-0.2, -0.15) is 0 Å². The van der Waals surface area contributed by atoms with Gasteiger partial charge in [0.2, 0.25) is 0 Å². The lowest BCUT2D eigenvalue weighted by Gasteiger charge is -2.04. The standard InChI is InChI=1S/C14H18O/c1-10(2)7-14(15)9-13-8-11(3)5-6-12(13)4/h5-8H,9H2,1-4H3. The molecule has 1 aromatic carbocycles. The molecule has 1 aromatic rings. The summed E-state index contributed by atoms with van der Waals surface area (Å²) in [5.41, 5.74) is 4.60. The van der Waals surface area contributed by atoms with Crippen molar-refractivity contribution in [2.75, 3.05) is 0 Å². The van der Waals surface area contributed by atoms with Gasteiger partial charge in [0.1, 0.15) is 0 Å². The van der Waals surface area contributed by atoms with Gasteiger partial charge >= 0.3 is 0 Å². The van der Waals surface area contributed by atoms with Crippen LogP contribution in [0.5, 0.6) is 0 Å². The zero-order valence-electron chi connectivity index (χ0n) is 9.92. The van der Waals surface area contributed by atoms with Gasteiger partial charge in [-0.3, -0.25) is 4.79 Å². The summed E-state index contributed by atoms with van der Waals surface area (Å²) in [7, 11) is 0. The number of ketones is 1. The third-order valence-corrected chi connectivity index (χ3v) is 2.32. The summed E-state index contributed by atoms with van der Waals surface area (Å²) in [5, 5.41) is 0. The maximum absolute atomic E-state index is 11.6. The Kier molecular flexibility index (Phi) is 3.84. The van der Waals surface area contributed by atoms with Crippen LogP contribution in [0.25, 0.3) is 0 Å². The van der Waals surface area contributed by atoms with Gasteiger partial charge in [0.05, 0.1) is 0 Å². The van der Waals surface area contributed by atoms with Crippen molar-refractivity contribution in [3.05, 3.63) is 46.5 Å². The van der Waals surface area contributed by atoms with Gasteiger partial charge in [-0.15, -0.1) is 0 Å². The Morgan fingerprint density at radius 1 is 1.27 bits per heavy atom. The highest BCUT2D eigenvalue weighted by Crippen LogP contribution is 2.12. The van der Waals surface area contributed by atoms with Gasteiger partial charge in [-0.25, -0.2) is 0 Å². The summed E-state index contributed by atoms with van der Waals surface area (Å²) < 4.78 is 0. The normalized spacial score (nSPS) is 9.87. The largest absolute Gasteiger partial charge is 0.294 e. The first-order valence-corrected chi connectivity index (χ1v) is 5.23. The van der Waals surface area contributed by atoms with Crippen LogP contribution in [-0.4, -0.2) is 5.78 Å². The third-order valence-electron chi connectivity index (χ3n) is 2.32. The first kappa shape index (κ1) is 11.7. The van der Waals surface area contributed by atoms with Gasteiger partial charge in [0.25, 0.3) is 0 Å². The predicted molar refractivity (Wildman–Crippen MR) is 64.1 cm³/mol. The zero-order chi connectivity index (χ0) is 11.4. The second-order valence-electron chi connectivity index (χ2n) is 4.29. The molecular formula is C14H18O. The van der Waals surface area contributed by atoms with Crippen LogP contribution in [0.1, 0.15) is 30.5 Å². The minimum Gasteiger partial charge on any atom is -0.294 e. The van der Waals surface area contributed by atoms with Gasteiger partial charge in [0.15, 0.2) is 5.78 Å². The summed E-state index contributed by atoms with van der Waals surface area (Å²) in [6.07, 6.45) is 2.22. The van der Waals surface area contributed by atoms with Crippen LogP contribution < -0.4 is 0 Å². The second-order valence-corrected chi connectivity index (χ2v) is 4.29. The number of allylic oxidation sites excluding steroid dienone is 2. The summed E-state index contributed by atoms with van der Waals surface area (Å²) in [4.78, 5) is 11.6. The molecule has 0 unspecified atom stereocenters. The third kappa shape index (κ3) is 3.70. The quantitative estimate of drug-likeness (QED) is 0.687. The highest BCUT2D eigenvalue weighted by atomic mass is 16.1. The Morgan fingerprint density at radius 3 is 2.53 bits per heavy atom. The van der Waals surface area contributed by atoms with Crippen LogP contribution in [0, 0.1) is 13.8 Å². The topological polar surface area (TPSA) is 17.1 Å². The van der Waals surface area contributed by atoms with Crippen molar-refractivity contribution in [3.63, 3.8) is 0 Å². The zero-order valence-corrected chi connectivity index (χ0v) is 9.92. The molecule has 0 saturated heterocycles. The molecule has 0 atom stereocenters. The Balaban J connectivity index is 2.85. The van der Waals surface area contributed by atoms with E-state index in [1.807, 2.05) is 27.7 Å². The smallest absolute Gasteiger partial charge is 0.159 e. The molecule has 1 heteroatoms. The lowest BCUT2D eigenvalue weighted by Crippen LogP contribution is -2.01. The molecule has 0 radical (unpaired) electrons. The highest BCUT2D eigenvalue weighted by molar-refractivity contribution is 5.92. The molecule has 0 aromatic heterocycles. The maximum Gasteiger partial charge on any atom is 0.159 e. The van der Waals surface area contributed by atoms with Crippen molar-refractivity contribution in [3.8, 4) is 0 Å². The van der Waals surface area contributed by atoms with Crippen molar-refractivity contribution in [2.45, 2.75) is 34.1 Å². The molecule has 0 fully saturated rings. The van der Waals surface area contributed by atoms with Crippen molar-refractivity contribution >= 4 is 5.78 Å². The minimum atomic E-state index is 0.184. The first-order valence-electron chi connectivity index (χ1n) is 5.23. The molecule has 1 rings (SSSR count). The number of carbonyl (C=O) groups excluding carboxylic acids is 1. The number of aryl methyl sites for hydroxylation is 2. The van der Waals surface area contributed by atoms with Crippen LogP contribution in [0.2, 0.25) is 0 Å². The maximum atomic E-state index is 11.6. The van der Waals surface area contributed by atoms with Crippen LogP contribution >= 0.6 is 0 Å². The number of hydrogen-bond acceptors (Lipinski definition) is 1. The predicted octanol–water partition coefficient (Wildman–Crippen LogP) is 3.38. The summed E-state index contributed by atoms with van der Waals surface area (Å²) in [6.45, 7) is 7.99. The van der Waals surface area contributed by atoms with E-state index in [-0.39, 0.29) is 5.78 Å². The first-order chi connectivity index (χ1) is 6.99. The van der Waals surface area contributed by atoms with Crippen molar-refractivity contribution in [1.29, 1.82) is 0 Å². The lowest BCUT2D eigenvalue weighted by molar-refractivity contribution is -0.114. The van der Waals surface area contributed by atoms with E-state index in [0.717, 1.165) is 11.1 Å². The van der Waals surface area contributed by atoms with Crippen LogP contribution in [0.3, 0.4) is 0 Å². The van der Waals surface area contributed by atoms with E-state index >= 15 is 0 Å². The molecule has 1 nitrogen and oxygen atoms in total. The van der Waals surface area contributed by atoms with Gasteiger partial charge in [0, 0.05) is 6.42 Å². The minimum absolute atomic E-state index is 0.184. The molecule has 0 heterocycles. The number of rotatable bonds is 3. The number of carbonyl (C=O) groups is 1. The monoisotopic (exact) mass is 202 g/mol. The lowest BCUT2D eigenvalue weighted by atomic mass is 10.0. The van der Waals surface area contributed by atoms with E-state index < -0.39 is 0 Å². The second kappa shape index (κ2) is 4.92. The average Bonchev–Trinajstić information content (AvgIpc) is 2.10. The summed E-state index contributed by atoms with van der Waals surface area (Å²) in [6, 6.07) is 6.23. The van der Waals surface area contributed by atoms with E-state index in [2.05, 4.69) is 18.2 Å². The van der Waals surface area contributed by atoms with Gasteiger partial charge in [-0.05, 0) is 44.9 Å². The molecule has 0 N–H and O–H groups in total. The Labute approximate surface area is 91.8 Å². The molecular weight excluding hydrogens is 184 g/mol. The average molecular weight is 202 g/mol. The van der Waals surface area contributed by atoms with Crippen molar-refractivity contribution in [2.24, 2.45) is 0 Å². The molecule has 0 amide bonds. The van der Waals surface area contributed by atoms with Gasteiger partial charge in [-0.1, -0.05) is 29.3 Å². The fourth-order valence-corrected chi connectivity index (χ4v) is 1.55. The fraction of sp³-hybridized carbons (Fsp3) is 0.357. The fourth-order valence-electron chi connectivity index (χ4n) is 1.55. The molecule has 0 bridgehead atoms. The van der Waals surface area contributed by atoms with E-state index in [1.54, 1.807) is 6.08 Å². The molecule has 0 aliphatic rings. The van der Waals surface area contributed by atoms with E-state index in [9.17, 15) is 4.79 Å². The highest BCUT2D eigenvalue weighted by Gasteiger charge is 2.03. The molecule has 0 aliphatic carbocycles. The number of benzene rings is 1. The molecule has 15 heavy (non-hydrogen) atoms. The SMILES string of the molecule is CC(C)=CC(=O)Cc1cc(C)ccc1C. The molecule has 0 aliphatic heterocycles. The van der Waals surface area contributed by atoms with E-state index in [4.69, 9.17) is 0 Å². The Bertz CT molecular complexity index is 396. The Hall–Kier alpha value is -1.37. The van der Waals surface area contributed by atoms with Gasteiger partial charge < -0.3 is 0 Å². The van der Waals surface area contributed by atoms with Crippen molar-refractivity contribution < 1.29 is 4.79 Å². The summed E-state index contributed by atoms with van der Waals surface area (Å²) in [5.74, 6) is 0.184. The van der Waals surface area contributed by atoms with Crippen molar-refractivity contribution in [1.82, 2.24) is 0 Å². The number of hydrogen-bond donors (Lipinski definition) is 0. The molecule has 80 valence electrons.